The van der Waals surface area contributed by atoms with Crippen molar-refractivity contribution in [2.24, 2.45) is 0 Å². The molecule has 0 aromatic carbocycles. The zero-order valence-corrected chi connectivity index (χ0v) is 10.7. The summed E-state index contributed by atoms with van der Waals surface area (Å²) in [6.07, 6.45) is 6.10. The lowest BCUT2D eigenvalue weighted by molar-refractivity contribution is -0.129. The van der Waals surface area contributed by atoms with Gasteiger partial charge >= 0.3 is 0 Å². The van der Waals surface area contributed by atoms with Gasteiger partial charge in [0.15, 0.2) is 0 Å². The van der Waals surface area contributed by atoms with Crippen LogP contribution in [0.5, 0.6) is 0 Å². The van der Waals surface area contributed by atoms with Crippen LogP contribution in [-0.4, -0.2) is 50.0 Å². The van der Waals surface area contributed by atoms with Crippen molar-refractivity contribution in [3.8, 4) is 0 Å². The fourth-order valence-corrected chi connectivity index (χ4v) is 3.19. The van der Waals surface area contributed by atoms with Crippen molar-refractivity contribution in [2.45, 2.75) is 56.5 Å². The van der Waals surface area contributed by atoms with Crippen molar-refractivity contribution in [1.29, 1.82) is 0 Å². The molecule has 3 heterocycles. The molecule has 2 N–H and O–H groups in total. The number of fused-ring (bicyclic) bond motifs is 2. The highest BCUT2D eigenvalue weighted by molar-refractivity contribution is 5.77. The molecule has 5 nitrogen and oxygen atoms in total. The minimum atomic E-state index is 0.00897. The van der Waals surface area contributed by atoms with Crippen LogP contribution < -0.4 is 10.6 Å². The fourth-order valence-electron chi connectivity index (χ4n) is 3.19. The molecule has 102 valence electrons. The smallest absolute Gasteiger partial charge is 0.246 e. The normalized spacial score (nSPS) is 35.9. The van der Waals surface area contributed by atoms with Crippen LogP contribution in [0, 0.1) is 0 Å². The van der Waals surface area contributed by atoms with E-state index in [2.05, 4.69) is 10.6 Å². The molecule has 3 aliphatic heterocycles. The summed E-state index contributed by atoms with van der Waals surface area (Å²) in [6.45, 7) is 2.18. The molecule has 0 saturated carbocycles. The van der Waals surface area contributed by atoms with E-state index in [4.69, 9.17) is 9.47 Å². The zero-order valence-electron chi connectivity index (χ0n) is 10.7. The summed E-state index contributed by atoms with van der Waals surface area (Å²) in [7, 11) is 0. The predicted octanol–water partition coefficient (Wildman–Crippen LogP) is 0.191. The summed E-state index contributed by atoms with van der Waals surface area (Å²) < 4.78 is 11.4. The largest absolute Gasteiger partial charge is 0.373 e. The first kappa shape index (κ1) is 12.4. The maximum Gasteiger partial charge on any atom is 0.246 e. The molecule has 3 saturated heterocycles. The number of hydrogen-bond acceptors (Lipinski definition) is 4. The van der Waals surface area contributed by atoms with E-state index in [1.165, 1.54) is 0 Å². The third kappa shape index (κ3) is 2.84. The lowest BCUT2D eigenvalue weighted by Gasteiger charge is -2.24. The monoisotopic (exact) mass is 254 g/mol. The Morgan fingerprint density at radius 2 is 2.11 bits per heavy atom. The van der Waals surface area contributed by atoms with Gasteiger partial charge in [0.25, 0.3) is 0 Å². The maximum atomic E-state index is 11.8. The summed E-state index contributed by atoms with van der Waals surface area (Å²) in [6, 6.07) is 0.216. The van der Waals surface area contributed by atoms with Gasteiger partial charge in [-0.05, 0) is 45.2 Å². The van der Waals surface area contributed by atoms with Crippen LogP contribution in [0.15, 0.2) is 0 Å². The molecule has 0 aromatic rings. The van der Waals surface area contributed by atoms with E-state index >= 15 is 0 Å². The molecule has 2 bridgehead atoms. The summed E-state index contributed by atoms with van der Waals surface area (Å²) >= 11 is 0. The molecule has 3 rings (SSSR count). The van der Waals surface area contributed by atoms with Crippen LogP contribution in [0.25, 0.3) is 0 Å². The van der Waals surface area contributed by atoms with Crippen molar-refractivity contribution in [2.75, 3.05) is 19.7 Å². The quantitative estimate of drug-likeness (QED) is 0.752. The van der Waals surface area contributed by atoms with Crippen LogP contribution >= 0.6 is 0 Å². The van der Waals surface area contributed by atoms with E-state index in [0.717, 1.165) is 45.2 Å². The molecule has 5 heteroatoms. The van der Waals surface area contributed by atoms with E-state index < -0.39 is 0 Å². The van der Waals surface area contributed by atoms with Gasteiger partial charge in [0, 0.05) is 0 Å². The van der Waals surface area contributed by atoms with Crippen molar-refractivity contribution in [3.05, 3.63) is 0 Å². The average molecular weight is 254 g/mol. The number of carbonyl (C=O) groups is 1. The number of ether oxygens (including phenoxy) is 2. The second-order valence-electron chi connectivity index (χ2n) is 5.54. The molecule has 3 atom stereocenters. The lowest BCUT2D eigenvalue weighted by Crippen LogP contribution is -2.44. The minimum absolute atomic E-state index is 0.00897. The molecule has 3 aliphatic rings. The van der Waals surface area contributed by atoms with E-state index in [1.807, 2.05) is 0 Å². The Kier molecular flexibility index (Phi) is 3.82. The molecular formula is C13H22N2O3. The molecule has 3 unspecified atom stereocenters. The zero-order chi connectivity index (χ0) is 12.4. The predicted molar refractivity (Wildman–Crippen MR) is 66.3 cm³/mol. The van der Waals surface area contributed by atoms with Gasteiger partial charge in [-0.1, -0.05) is 0 Å². The first-order valence-corrected chi connectivity index (χ1v) is 7.08. The Bertz CT molecular complexity index is 305. The molecule has 1 amide bonds. The Balaban J connectivity index is 1.36. The van der Waals surface area contributed by atoms with Crippen LogP contribution in [0.3, 0.4) is 0 Å². The lowest BCUT2D eigenvalue weighted by atomic mass is 9.95. The molecule has 0 spiro atoms. The van der Waals surface area contributed by atoms with Crippen LogP contribution in [0.4, 0.5) is 0 Å². The Labute approximate surface area is 108 Å². The van der Waals surface area contributed by atoms with Crippen molar-refractivity contribution in [3.63, 3.8) is 0 Å². The second-order valence-corrected chi connectivity index (χ2v) is 5.54. The number of amides is 1. The average Bonchev–Trinajstić information content (AvgIpc) is 3.00. The van der Waals surface area contributed by atoms with Gasteiger partial charge < -0.3 is 20.1 Å². The summed E-state index contributed by atoms with van der Waals surface area (Å²) in [5, 5.41) is 6.33. The first-order chi connectivity index (χ1) is 8.81. The molecule has 18 heavy (non-hydrogen) atoms. The Morgan fingerprint density at radius 1 is 1.28 bits per heavy atom. The maximum absolute atomic E-state index is 11.8. The fraction of sp³-hybridized carbons (Fsp3) is 0.923. The van der Waals surface area contributed by atoms with E-state index in [0.29, 0.717) is 6.10 Å². The molecular weight excluding hydrogens is 232 g/mol. The van der Waals surface area contributed by atoms with Crippen molar-refractivity contribution >= 4 is 5.91 Å². The Hall–Kier alpha value is -0.650. The number of piperidine rings is 1. The third-order valence-corrected chi connectivity index (χ3v) is 4.19. The van der Waals surface area contributed by atoms with E-state index in [1.54, 1.807) is 0 Å². The highest BCUT2D eigenvalue weighted by Crippen LogP contribution is 2.34. The second kappa shape index (κ2) is 5.55. The third-order valence-electron chi connectivity index (χ3n) is 4.19. The standard InChI is InChI=1S/C13H22N2O3/c16-13(8-17-9-3-5-14-6-4-9)15-11-7-10-1-2-12(11)18-10/h9-12,14H,1-8H2,(H,15,16). The van der Waals surface area contributed by atoms with Crippen molar-refractivity contribution in [1.82, 2.24) is 10.6 Å². The summed E-state index contributed by atoms with van der Waals surface area (Å²) in [5.41, 5.74) is 0. The van der Waals surface area contributed by atoms with Gasteiger partial charge in [-0.15, -0.1) is 0 Å². The molecule has 0 radical (unpaired) electrons. The van der Waals surface area contributed by atoms with Gasteiger partial charge in [-0.3, -0.25) is 4.79 Å². The van der Waals surface area contributed by atoms with Gasteiger partial charge in [-0.25, -0.2) is 0 Å². The van der Waals surface area contributed by atoms with Crippen LogP contribution in [-0.2, 0) is 14.3 Å². The SMILES string of the molecule is O=C(COC1CCNCC1)NC1CC2CCC1O2. The summed E-state index contributed by atoms with van der Waals surface area (Å²) in [4.78, 5) is 11.8. The van der Waals surface area contributed by atoms with Crippen LogP contribution in [0.2, 0.25) is 0 Å². The molecule has 0 aromatic heterocycles. The minimum Gasteiger partial charge on any atom is -0.373 e. The van der Waals surface area contributed by atoms with Gasteiger partial charge in [0.2, 0.25) is 5.91 Å². The number of nitrogens with one attached hydrogen (secondary N) is 2. The number of carbonyl (C=O) groups excluding carboxylic acids is 1. The summed E-state index contributed by atoms with van der Waals surface area (Å²) in [5.74, 6) is 0.00897. The van der Waals surface area contributed by atoms with Gasteiger partial charge in [-0.2, -0.15) is 0 Å². The van der Waals surface area contributed by atoms with Crippen molar-refractivity contribution < 1.29 is 14.3 Å². The molecule has 3 fully saturated rings. The first-order valence-electron chi connectivity index (χ1n) is 7.08. The highest BCUT2D eigenvalue weighted by Gasteiger charge is 2.41. The van der Waals surface area contributed by atoms with E-state index in [9.17, 15) is 4.79 Å². The van der Waals surface area contributed by atoms with Crippen LogP contribution in [0.1, 0.15) is 32.1 Å². The van der Waals surface area contributed by atoms with E-state index in [-0.39, 0.29) is 30.8 Å². The highest BCUT2D eigenvalue weighted by atomic mass is 16.5. The van der Waals surface area contributed by atoms with Gasteiger partial charge in [0.1, 0.15) is 6.61 Å². The number of hydrogen-bond donors (Lipinski definition) is 2. The number of rotatable bonds is 4. The Morgan fingerprint density at radius 3 is 2.78 bits per heavy atom. The molecule has 0 aliphatic carbocycles. The van der Waals surface area contributed by atoms with Gasteiger partial charge in [0.05, 0.1) is 24.4 Å². The topological polar surface area (TPSA) is 59.6 Å².